The zero-order valence-electron chi connectivity index (χ0n) is 9.64. The Morgan fingerprint density at radius 1 is 1.59 bits per heavy atom. The van der Waals surface area contributed by atoms with Gasteiger partial charge in [0.05, 0.1) is 21.8 Å². The van der Waals surface area contributed by atoms with Crippen molar-refractivity contribution in [2.24, 2.45) is 5.73 Å². The van der Waals surface area contributed by atoms with Crippen LogP contribution in [0.2, 0.25) is 0 Å². The molecule has 5 heteroatoms. The molecule has 0 aliphatic heterocycles. The molecular formula is C12H15N3OS. The first kappa shape index (κ1) is 12.0. The van der Waals surface area contributed by atoms with Crippen LogP contribution in [0, 0.1) is 0 Å². The van der Waals surface area contributed by atoms with Gasteiger partial charge in [-0.05, 0) is 24.6 Å². The summed E-state index contributed by atoms with van der Waals surface area (Å²) in [7, 11) is 0. The van der Waals surface area contributed by atoms with Crippen molar-refractivity contribution in [2.45, 2.75) is 25.8 Å². The monoisotopic (exact) mass is 249 g/mol. The van der Waals surface area contributed by atoms with E-state index in [2.05, 4.69) is 10.3 Å². The molecule has 3 N–H and O–H groups in total. The summed E-state index contributed by atoms with van der Waals surface area (Å²) in [6, 6.07) is 5.23. The van der Waals surface area contributed by atoms with Gasteiger partial charge in [0.2, 0.25) is 5.91 Å². The number of aromatic nitrogens is 1. The first-order chi connectivity index (χ1) is 8.20. The summed E-state index contributed by atoms with van der Waals surface area (Å²) in [5, 5.41) is 2.82. The second-order valence-electron chi connectivity index (χ2n) is 3.92. The highest BCUT2D eigenvalue weighted by atomic mass is 32.1. The third kappa shape index (κ3) is 2.81. The number of fused-ring (bicyclic) bond motifs is 1. The summed E-state index contributed by atoms with van der Waals surface area (Å²) in [4.78, 5) is 15.9. The number of amides is 1. The van der Waals surface area contributed by atoms with Gasteiger partial charge in [0, 0.05) is 5.69 Å². The molecule has 0 fully saturated rings. The van der Waals surface area contributed by atoms with Crippen molar-refractivity contribution in [3.05, 3.63) is 23.7 Å². The summed E-state index contributed by atoms with van der Waals surface area (Å²) >= 11 is 1.55. The number of carbonyl (C=O) groups is 1. The topological polar surface area (TPSA) is 68.0 Å². The first-order valence-corrected chi connectivity index (χ1v) is 6.48. The lowest BCUT2D eigenvalue weighted by Crippen LogP contribution is -2.35. The van der Waals surface area contributed by atoms with Gasteiger partial charge in [-0.1, -0.05) is 13.3 Å². The molecule has 0 spiro atoms. The zero-order valence-corrected chi connectivity index (χ0v) is 10.5. The van der Waals surface area contributed by atoms with Crippen LogP contribution in [-0.4, -0.2) is 16.9 Å². The second kappa shape index (κ2) is 5.25. The van der Waals surface area contributed by atoms with Crippen molar-refractivity contribution >= 4 is 33.1 Å². The highest BCUT2D eigenvalue weighted by molar-refractivity contribution is 7.16. The number of benzene rings is 1. The van der Waals surface area contributed by atoms with E-state index in [0.29, 0.717) is 6.42 Å². The van der Waals surface area contributed by atoms with Crippen molar-refractivity contribution in [3.63, 3.8) is 0 Å². The Morgan fingerprint density at radius 3 is 3.18 bits per heavy atom. The maximum Gasteiger partial charge on any atom is 0.241 e. The Balaban J connectivity index is 2.09. The van der Waals surface area contributed by atoms with E-state index in [1.807, 2.05) is 25.1 Å². The van der Waals surface area contributed by atoms with Crippen molar-refractivity contribution in [3.8, 4) is 0 Å². The maximum atomic E-state index is 11.7. The molecule has 2 rings (SSSR count). The van der Waals surface area contributed by atoms with Crippen LogP contribution in [0.15, 0.2) is 23.7 Å². The minimum absolute atomic E-state index is 0.129. The average molecular weight is 249 g/mol. The van der Waals surface area contributed by atoms with Gasteiger partial charge in [-0.3, -0.25) is 4.79 Å². The molecule has 2 aromatic rings. The Bertz CT molecular complexity index is 523. The van der Waals surface area contributed by atoms with Gasteiger partial charge in [0.1, 0.15) is 0 Å². The Kier molecular flexibility index (Phi) is 3.71. The van der Waals surface area contributed by atoms with E-state index in [1.54, 1.807) is 16.8 Å². The van der Waals surface area contributed by atoms with Crippen LogP contribution in [0.4, 0.5) is 5.69 Å². The SMILES string of the molecule is CCC[C@@H](N)C(=O)Nc1ccc2ncsc2c1. The lowest BCUT2D eigenvalue weighted by molar-refractivity contribution is -0.117. The van der Waals surface area contributed by atoms with E-state index in [4.69, 9.17) is 5.73 Å². The van der Waals surface area contributed by atoms with Gasteiger partial charge in [0.15, 0.2) is 0 Å². The minimum atomic E-state index is -0.433. The Morgan fingerprint density at radius 2 is 2.41 bits per heavy atom. The van der Waals surface area contributed by atoms with Gasteiger partial charge in [-0.15, -0.1) is 11.3 Å². The fourth-order valence-electron chi connectivity index (χ4n) is 1.61. The summed E-state index contributed by atoms with van der Waals surface area (Å²) in [5.74, 6) is -0.129. The molecule has 0 unspecified atom stereocenters. The van der Waals surface area contributed by atoms with Crippen molar-refractivity contribution in [1.82, 2.24) is 4.98 Å². The molecule has 1 atom stereocenters. The van der Waals surface area contributed by atoms with Gasteiger partial charge in [-0.2, -0.15) is 0 Å². The van der Waals surface area contributed by atoms with Crippen molar-refractivity contribution in [1.29, 1.82) is 0 Å². The molecule has 0 radical (unpaired) electrons. The fourth-order valence-corrected chi connectivity index (χ4v) is 2.33. The standard InChI is InChI=1S/C12H15N3OS/c1-2-3-9(13)12(16)15-8-4-5-10-11(6-8)17-7-14-10/h4-7,9H,2-3,13H2,1H3,(H,15,16)/t9-/m1/s1. The molecule has 1 aromatic carbocycles. The van der Waals surface area contributed by atoms with Gasteiger partial charge in [-0.25, -0.2) is 4.98 Å². The van der Waals surface area contributed by atoms with Crippen LogP contribution in [0.5, 0.6) is 0 Å². The normalized spacial score (nSPS) is 12.6. The second-order valence-corrected chi connectivity index (χ2v) is 4.81. The molecule has 0 saturated heterocycles. The number of nitrogens with two attached hydrogens (primary N) is 1. The lowest BCUT2D eigenvalue weighted by Gasteiger charge is -2.10. The molecule has 1 amide bonds. The quantitative estimate of drug-likeness (QED) is 0.874. The van der Waals surface area contributed by atoms with Crippen LogP contribution in [0.3, 0.4) is 0 Å². The molecule has 0 bridgehead atoms. The molecule has 0 aliphatic rings. The van der Waals surface area contributed by atoms with Crippen LogP contribution in [0.25, 0.3) is 10.2 Å². The summed E-state index contributed by atoms with van der Waals surface area (Å²) in [6.45, 7) is 2.01. The minimum Gasteiger partial charge on any atom is -0.325 e. The molecule has 17 heavy (non-hydrogen) atoms. The molecule has 1 heterocycles. The maximum absolute atomic E-state index is 11.7. The predicted molar refractivity (Wildman–Crippen MR) is 71.1 cm³/mol. The van der Waals surface area contributed by atoms with E-state index in [-0.39, 0.29) is 5.91 Å². The third-order valence-electron chi connectivity index (χ3n) is 2.54. The zero-order chi connectivity index (χ0) is 12.3. The summed E-state index contributed by atoms with van der Waals surface area (Å²) in [6.07, 6.45) is 1.61. The summed E-state index contributed by atoms with van der Waals surface area (Å²) < 4.78 is 1.06. The third-order valence-corrected chi connectivity index (χ3v) is 3.33. The number of hydrogen-bond donors (Lipinski definition) is 2. The number of rotatable bonds is 4. The van der Waals surface area contributed by atoms with Crippen LogP contribution in [0.1, 0.15) is 19.8 Å². The number of hydrogen-bond acceptors (Lipinski definition) is 4. The largest absolute Gasteiger partial charge is 0.325 e. The van der Waals surface area contributed by atoms with Gasteiger partial charge in [0.25, 0.3) is 0 Å². The number of nitrogens with one attached hydrogen (secondary N) is 1. The van der Waals surface area contributed by atoms with E-state index in [1.165, 1.54) is 0 Å². The molecular weight excluding hydrogens is 234 g/mol. The highest BCUT2D eigenvalue weighted by Crippen LogP contribution is 2.21. The lowest BCUT2D eigenvalue weighted by atomic mass is 10.1. The Hall–Kier alpha value is -1.46. The van der Waals surface area contributed by atoms with E-state index < -0.39 is 6.04 Å². The highest BCUT2D eigenvalue weighted by Gasteiger charge is 2.12. The number of nitrogens with zero attached hydrogens (tertiary/aromatic N) is 1. The smallest absolute Gasteiger partial charge is 0.241 e. The number of thiazole rings is 1. The van der Waals surface area contributed by atoms with E-state index in [0.717, 1.165) is 22.3 Å². The van der Waals surface area contributed by atoms with E-state index >= 15 is 0 Å². The summed E-state index contributed by atoms with van der Waals surface area (Å²) in [5.41, 5.74) is 9.26. The van der Waals surface area contributed by atoms with Gasteiger partial charge < -0.3 is 11.1 Å². The predicted octanol–water partition coefficient (Wildman–Crippen LogP) is 2.36. The van der Waals surface area contributed by atoms with Crippen LogP contribution in [-0.2, 0) is 4.79 Å². The van der Waals surface area contributed by atoms with Crippen molar-refractivity contribution in [2.75, 3.05) is 5.32 Å². The van der Waals surface area contributed by atoms with E-state index in [9.17, 15) is 4.79 Å². The van der Waals surface area contributed by atoms with Crippen LogP contribution < -0.4 is 11.1 Å². The number of anilines is 1. The Labute approximate surface area is 104 Å². The average Bonchev–Trinajstić information content (AvgIpc) is 2.76. The molecule has 4 nitrogen and oxygen atoms in total. The molecule has 1 aromatic heterocycles. The first-order valence-electron chi connectivity index (χ1n) is 5.60. The molecule has 0 saturated carbocycles. The van der Waals surface area contributed by atoms with Crippen molar-refractivity contribution < 1.29 is 4.79 Å². The molecule has 0 aliphatic carbocycles. The number of carbonyl (C=O) groups excluding carboxylic acids is 1. The van der Waals surface area contributed by atoms with Crippen LogP contribution >= 0.6 is 11.3 Å². The molecule has 90 valence electrons. The van der Waals surface area contributed by atoms with Gasteiger partial charge >= 0.3 is 0 Å². The fraction of sp³-hybridized carbons (Fsp3) is 0.333.